The molecule has 1 saturated carbocycles. The fourth-order valence-electron chi connectivity index (χ4n) is 6.61. The highest BCUT2D eigenvalue weighted by atomic mass is 19.4. The number of amides is 3. The molecule has 1 aromatic heterocycles. The Morgan fingerprint density at radius 1 is 1.12 bits per heavy atom. The molecule has 0 bridgehead atoms. The first-order chi connectivity index (χ1) is 20.0. The molecule has 3 fully saturated rings. The topological polar surface area (TPSA) is 114 Å². The van der Waals surface area contributed by atoms with Crippen LogP contribution in [-0.4, -0.2) is 62.8 Å². The molecule has 2 unspecified atom stereocenters. The van der Waals surface area contributed by atoms with Crippen LogP contribution in [0.5, 0.6) is 0 Å². The second-order valence-electron chi connectivity index (χ2n) is 11.5. The van der Waals surface area contributed by atoms with Crippen LogP contribution in [0.4, 0.5) is 18.9 Å². The molecule has 42 heavy (non-hydrogen) atoms. The van der Waals surface area contributed by atoms with Gasteiger partial charge in [-0.2, -0.15) is 18.3 Å². The maximum atomic E-state index is 13.4. The van der Waals surface area contributed by atoms with Gasteiger partial charge in [-0.25, -0.2) is 4.79 Å². The first-order valence-electron chi connectivity index (χ1n) is 13.9. The van der Waals surface area contributed by atoms with Crippen molar-refractivity contribution < 1.29 is 37.2 Å². The van der Waals surface area contributed by atoms with E-state index in [1.165, 1.54) is 9.96 Å². The van der Waals surface area contributed by atoms with Gasteiger partial charge in [0.05, 0.1) is 23.5 Å². The standard InChI is InChI=1S/C29H26F3N5O5/c30-29(31,32)27(41)42-36-11-8-18(13-28(36)9-10-28)35-15-16(14-33-35)12-17-4-5-21-24-19(17)2-1-3-20(24)26(40)37(21)22-6-7-23(38)34-25(22)39/h1-5,14-15,18,22H,6-13H2,(H,34,38,39). The Bertz CT molecular complexity index is 1660. The smallest absolute Gasteiger partial charge is 0.360 e. The Morgan fingerprint density at radius 3 is 2.67 bits per heavy atom. The summed E-state index contributed by atoms with van der Waals surface area (Å²) < 4.78 is 40.0. The number of halogens is 3. The van der Waals surface area contributed by atoms with Gasteiger partial charge in [-0.15, -0.1) is 5.06 Å². The second-order valence-corrected chi connectivity index (χ2v) is 11.5. The maximum absolute atomic E-state index is 13.4. The molecular formula is C29H26F3N5O5. The molecule has 4 aliphatic rings. The van der Waals surface area contributed by atoms with Crippen molar-refractivity contribution in [1.82, 2.24) is 20.2 Å². The number of carbonyl (C=O) groups is 4. The van der Waals surface area contributed by atoms with Crippen molar-refractivity contribution in [2.45, 2.75) is 68.7 Å². The molecule has 0 radical (unpaired) electrons. The van der Waals surface area contributed by atoms with Crippen LogP contribution in [0.1, 0.15) is 66.1 Å². The Labute approximate surface area is 237 Å². The van der Waals surface area contributed by atoms with E-state index in [4.69, 9.17) is 4.84 Å². The lowest BCUT2D eigenvalue weighted by Gasteiger charge is -2.38. The number of hydrogen-bond acceptors (Lipinski definition) is 7. The van der Waals surface area contributed by atoms with Crippen LogP contribution in [0.15, 0.2) is 42.7 Å². The molecule has 1 spiro atoms. The zero-order chi connectivity index (χ0) is 29.4. The van der Waals surface area contributed by atoms with Crippen molar-refractivity contribution in [2.75, 3.05) is 11.4 Å². The Morgan fingerprint density at radius 2 is 1.93 bits per heavy atom. The molecule has 1 N–H and O–H groups in total. The number of imide groups is 1. The summed E-state index contributed by atoms with van der Waals surface area (Å²) in [5.74, 6) is -3.28. The van der Waals surface area contributed by atoms with Gasteiger partial charge < -0.3 is 4.84 Å². The van der Waals surface area contributed by atoms with Crippen LogP contribution in [0, 0.1) is 0 Å². The largest absolute Gasteiger partial charge is 0.492 e. The number of nitrogens with one attached hydrogen (secondary N) is 1. The highest BCUT2D eigenvalue weighted by Gasteiger charge is 2.56. The summed E-state index contributed by atoms with van der Waals surface area (Å²) in [7, 11) is 0. The average molecular weight is 582 g/mol. The molecule has 10 nitrogen and oxygen atoms in total. The molecule has 7 rings (SSSR count). The molecule has 3 amide bonds. The number of carbonyl (C=O) groups excluding carboxylic acids is 4. The number of aromatic nitrogens is 2. The summed E-state index contributed by atoms with van der Waals surface area (Å²) in [6, 6.07) is 8.47. The highest BCUT2D eigenvalue weighted by molar-refractivity contribution is 6.27. The number of piperidine rings is 2. The van der Waals surface area contributed by atoms with Crippen LogP contribution in [-0.2, 0) is 25.6 Å². The van der Waals surface area contributed by atoms with E-state index in [-0.39, 0.29) is 37.2 Å². The van der Waals surface area contributed by atoms with E-state index in [1.54, 1.807) is 12.3 Å². The third kappa shape index (κ3) is 4.34. The number of nitrogens with zero attached hydrogens (tertiary/aromatic N) is 4. The Hall–Kier alpha value is -4.26. The van der Waals surface area contributed by atoms with Gasteiger partial charge in [0.15, 0.2) is 0 Å². The van der Waals surface area contributed by atoms with Gasteiger partial charge in [0.25, 0.3) is 5.91 Å². The first kappa shape index (κ1) is 26.6. The predicted octanol–water partition coefficient (Wildman–Crippen LogP) is 3.58. The van der Waals surface area contributed by atoms with E-state index in [2.05, 4.69) is 10.4 Å². The number of anilines is 1. The van der Waals surface area contributed by atoms with Crippen LogP contribution >= 0.6 is 0 Å². The quantitative estimate of drug-likeness (QED) is 0.459. The average Bonchev–Trinajstić information content (AvgIpc) is 3.44. The number of rotatable bonds is 5. The van der Waals surface area contributed by atoms with Gasteiger partial charge in [-0.3, -0.25) is 29.3 Å². The van der Waals surface area contributed by atoms with E-state index in [1.807, 2.05) is 35.1 Å². The molecular weight excluding hydrogens is 555 g/mol. The lowest BCUT2D eigenvalue weighted by molar-refractivity contribution is -0.255. The molecule has 2 aromatic carbocycles. The third-order valence-electron chi connectivity index (χ3n) is 8.82. The van der Waals surface area contributed by atoms with Crippen molar-refractivity contribution in [2.24, 2.45) is 0 Å². The van der Waals surface area contributed by atoms with Crippen LogP contribution < -0.4 is 10.2 Å². The number of benzene rings is 2. The summed E-state index contributed by atoms with van der Waals surface area (Å²) in [6.07, 6.45) is 1.92. The van der Waals surface area contributed by atoms with E-state index in [9.17, 15) is 32.3 Å². The van der Waals surface area contributed by atoms with E-state index in [0.29, 0.717) is 43.4 Å². The fraction of sp³-hybridized carbons (Fsp3) is 0.414. The Kier molecular flexibility index (Phi) is 5.95. The highest BCUT2D eigenvalue weighted by Crippen LogP contribution is 2.51. The minimum Gasteiger partial charge on any atom is -0.360 e. The summed E-state index contributed by atoms with van der Waals surface area (Å²) in [5.41, 5.74) is 2.47. The molecule has 3 aromatic rings. The van der Waals surface area contributed by atoms with Gasteiger partial charge in [0.1, 0.15) is 6.04 Å². The minimum absolute atomic E-state index is 0.0467. The van der Waals surface area contributed by atoms with Crippen molar-refractivity contribution in [3.05, 3.63) is 59.4 Å². The number of alkyl halides is 3. The lowest BCUT2D eigenvalue weighted by Crippen LogP contribution is -2.53. The zero-order valence-electron chi connectivity index (χ0n) is 22.3. The van der Waals surface area contributed by atoms with Gasteiger partial charge >= 0.3 is 12.1 Å². The second kappa shape index (κ2) is 9.38. The third-order valence-corrected chi connectivity index (χ3v) is 8.82. The van der Waals surface area contributed by atoms with Gasteiger partial charge in [0, 0.05) is 36.5 Å². The lowest BCUT2D eigenvalue weighted by atomic mass is 9.96. The van der Waals surface area contributed by atoms with Gasteiger partial charge in [-0.1, -0.05) is 18.2 Å². The Balaban J connectivity index is 1.10. The molecule has 2 atom stereocenters. The van der Waals surface area contributed by atoms with Gasteiger partial charge in [0.2, 0.25) is 11.8 Å². The van der Waals surface area contributed by atoms with Crippen molar-refractivity contribution >= 4 is 40.2 Å². The summed E-state index contributed by atoms with van der Waals surface area (Å²) in [5, 5.41) is 9.75. The summed E-state index contributed by atoms with van der Waals surface area (Å²) in [6.45, 7) is 0.189. The van der Waals surface area contributed by atoms with Crippen LogP contribution in [0.25, 0.3) is 10.8 Å². The monoisotopic (exact) mass is 581 g/mol. The van der Waals surface area contributed by atoms with Crippen LogP contribution in [0.3, 0.4) is 0 Å². The van der Waals surface area contributed by atoms with Gasteiger partial charge in [-0.05, 0) is 60.7 Å². The molecule has 3 aliphatic heterocycles. The van der Waals surface area contributed by atoms with E-state index >= 15 is 0 Å². The predicted molar refractivity (Wildman–Crippen MR) is 141 cm³/mol. The van der Waals surface area contributed by atoms with E-state index < -0.39 is 29.6 Å². The zero-order valence-corrected chi connectivity index (χ0v) is 22.3. The first-order valence-corrected chi connectivity index (χ1v) is 13.9. The SMILES string of the molecule is O=C1CCC(N2C(=O)c3cccc4c(Cc5cnn(C6CCN(OC(=O)C(F)(F)F)C7(CC7)C6)c5)ccc2c34)C(=O)N1. The fourth-order valence-corrected chi connectivity index (χ4v) is 6.61. The van der Waals surface area contributed by atoms with Crippen molar-refractivity contribution in [3.8, 4) is 0 Å². The molecule has 2 saturated heterocycles. The normalized spacial score (nSPS) is 23.5. The molecule has 13 heteroatoms. The van der Waals surface area contributed by atoms with Crippen molar-refractivity contribution in [3.63, 3.8) is 0 Å². The molecule has 4 heterocycles. The van der Waals surface area contributed by atoms with Crippen molar-refractivity contribution in [1.29, 1.82) is 0 Å². The number of hydroxylamine groups is 2. The molecule has 1 aliphatic carbocycles. The summed E-state index contributed by atoms with van der Waals surface area (Å²) in [4.78, 5) is 55.3. The minimum atomic E-state index is -5.04. The number of hydrogen-bond donors (Lipinski definition) is 1. The van der Waals surface area contributed by atoms with E-state index in [0.717, 1.165) is 21.9 Å². The summed E-state index contributed by atoms with van der Waals surface area (Å²) >= 11 is 0. The maximum Gasteiger partial charge on any atom is 0.492 e. The molecule has 218 valence electrons. The van der Waals surface area contributed by atoms with Crippen LogP contribution in [0.2, 0.25) is 0 Å².